The Bertz CT molecular complexity index is 536. The number of alkyl halides is 3. The number of aliphatic carboxylic acids is 1. The van der Waals surface area contributed by atoms with Gasteiger partial charge in [-0.15, -0.1) is 13.2 Å². The molecule has 1 aliphatic heterocycles. The Morgan fingerprint density at radius 2 is 2.19 bits per heavy atom. The molecule has 1 atom stereocenters. The molecule has 116 valence electrons. The summed E-state index contributed by atoms with van der Waals surface area (Å²) in [5.74, 6) is -1.48. The first-order valence-electron chi connectivity index (χ1n) is 6.24. The Morgan fingerprint density at radius 1 is 1.48 bits per heavy atom. The maximum absolute atomic E-state index is 12.2. The molecule has 0 aromatic heterocycles. The van der Waals surface area contributed by atoms with Crippen LogP contribution in [0.25, 0.3) is 0 Å². The van der Waals surface area contributed by atoms with Gasteiger partial charge in [0.15, 0.2) is 0 Å². The van der Waals surface area contributed by atoms with Gasteiger partial charge in [-0.1, -0.05) is 6.07 Å². The van der Waals surface area contributed by atoms with Crippen molar-refractivity contribution < 1.29 is 27.8 Å². The third-order valence-electron chi connectivity index (χ3n) is 3.25. The van der Waals surface area contributed by atoms with Gasteiger partial charge in [0.25, 0.3) is 0 Å². The van der Waals surface area contributed by atoms with E-state index in [9.17, 15) is 18.0 Å². The molecule has 0 aliphatic carbocycles. The number of carbonyl (C=O) groups is 1. The molecule has 0 bridgehead atoms. The molecule has 21 heavy (non-hydrogen) atoms. The minimum Gasteiger partial charge on any atom is -0.481 e. The number of halogens is 4. The Morgan fingerprint density at radius 3 is 2.71 bits per heavy atom. The van der Waals surface area contributed by atoms with Crippen molar-refractivity contribution in [2.45, 2.75) is 19.3 Å². The normalized spacial score (nSPS) is 19.7. The van der Waals surface area contributed by atoms with E-state index in [4.69, 9.17) is 5.11 Å². The van der Waals surface area contributed by atoms with Crippen LogP contribution in [-0.2, 0) is 11.3 Å². The van der Waals surface area contributed by atoms with Gasteiger partial charge in [-0.2, -0.15) is 0 Å². The molecule has 1 fully saturated rings. The van der Waals surface area contributed by atoms with Crippen molar-refractivity contribution in [2.75, 3.05) is 13.1 Å². The van der Waals surface area contributed by atoms with Gasteiger partial charge in [-0.25, -0.2) is 0 Å². The first-order valence-corrected chi connectivity index (χ1v) is 7.03. The molecule has 1 N–H and O–H groups in total. The highest BCUT2D eigenvalue weighted by Crippen LogP contribution is 2.31. The zero-order valence-electron chi connectivity index (χ0n) is 10.9. The molecule has 1 saturated heterocycles. The molecule has 1 aromatic rings. The second-order valence-corrected chi connectivity index (χ2v) is 5.73. The maximum atomic E-state index is 12.2. The van der Waals surface area contributed by atoms with Crippen LogP contribution in [0.15, 0.2) is 22.7 Å². The molecule has 1 aliphatic rings. The first-order chi connectivity index (χ1) is 9.74. The predicted molar refractivity (Wildman–Crippen MR) is 71.8 cm³/mol. The third-order valence-corrected chi connectivity index (χ3v) is 3.87. The molecule has 8 heteroatoms. The van der Waals surface area contributed by atoms with E-state index in [1.54, 1.807) is 12.1 Å². The van der Waals surface area contributed by atoms with E-state index in [-0.39, 0.29) is 16.1 Å². The number of rotatable bonds is 4. The molecular weight excluding hydrogens is 355 g/mol. The summed E-state index contributed by atoms with van der Waals surface area (Å²) >= 11 is 3.05. The minimum absolute atomic E-state index is 0.214. The fourth-order valence-corrected chi connectivity index (χ4v) is 2.79. The third kappa shape index (κ3) is 4.60. The van der Waals surface area contributed by atoms with E-state index in [1.807, 2.05) is 4.90 Å². The van der Waals surface area contributed by atoms with Crippen LogP contribution in [0.1, 0.15) is 12.0 Å². The molecule has 4 nitrogen and oxygen atoms in total. The lowest BCUT2D eigenvalue weighted by molar-refractivity contribution is -0.274. The fourth-order valence-electron chi connectivity index (χ4n) is 2.29. The van der Waals surface area contributed by atoms with E-state index in [0.29, 0.717) is 26.1 Å². The van der Waals surface area contributed by atoms with Crippen molar-refractivity contribution in [1.82, 2.24) is 4.90 Å². The highest BCUT2D eigenvalue weighted by Gasteiger charge is 2.32. The van der Waals surface area contributed by atoms with Crippen LogP contribution < -0.4 is 4.74 Å². The largest absolute Gasteiger partial charge is 0.573 e. The van der Waals surface area contributed by atoms with Crippen LogP contribution in [0.4, 0.5) is 13.2 Å². The van der Waals surface area contributed by atoms with Gasteiger partial charge in [0.1, 0.15) is 5.75 Å². The highest BCUT2D eigenvalue weighted by atomic mass is 79.9. The van der Waals surface area contributed by atoms with Crippen LogP contribution >= 0.6 is 15.9 Å². The SMILES string of the molecule is O=C(O)C1CCN(Cc2ccc(OC(F)(F)F)c(Br)c2)C1. The number of ether oxygens (including phenoxy) is 1. The Balaban J connectivity index is 1.99. The van der Waals surface area contributed by atoms with Crippen LogP contribution in [0, 0.1) is 5.92 Å². The molecule has 2 rings (SSSR count). The summed E-state index contributed by atoms with van der Waals surface area (Å²) in [5, 5.41) is 8.93. The topological polar surface area (TPSA) is 49.8 Å². The van der Waals surface area contributed by atoms with Gasteiger partial charge in [-0.3, -0.25) is 9.69 Å². The molecule has 0 spiro atoms. The van der Waals surface area contributed by atoms with Crippen molar-refractivity contribution in [3.8, 4) is 5.75 Å². The number of carboxylic acid groups (broad SMARTS) is 1. The minimum atomic E-state index is -4.73. The van der Waals surface area contributed by atoms with Crippen molar-refractivity contribution in [3.05, 3.63) is 28.2 Å². The Labute approximate surface area is 127 Å². The summed E-state index contributed by atoms with van der Waals surface area (Å²) in [6.45, 7) is 1.61. The lowest BCUT2D eigenvalue weighted by atomic mass is 10.1. The second-order valence-electron chi connectivity index (χ2n) is 4.87. The monoisotopic (exact) mass is 367 g/mol. The standard InChI is InChI=1S/C13H13BrF3NO3/c14-10-5-8(1-2-11(10)21-13(15,16)17)6-18-4-3-9(7-18)12(19)20/h1-2,5,9H,3-4,6-7H2,(H,19,20). The van der Waals surface area contributed by atoms with Crippen molar-refractivity contribution in [3.63, 3.8) is 0 Å². The molecule has 1 aromatic carbocycles. The van der Waals surface area contributed by atoms with E-state index < -0.39 is 12.3 Å². The van der Waals surface area contributed by atoms with Crippen LogP contribution in [0.5, 0.6) is 5.75 Å². The average molecular weight is 368 g/mol. The van der Waals surface area contributed by atoms with Crippen molar-refractivity contribution in [1.29, 1.82) is 0 Å². The first kappa shape index (κ1) is 16.1. The van der Waals surface area contributed by atoms with E-state index >= 15 is 0 Å². The van der Waals surface area contributed by atoms with Crippen LogP contribution in [0.3, 0.4) is 0 Å². The van der Waals surface area contributed by atoms with Crippen molar-refractivity contribution in [2.24, 2.45) is 5.92 Å². The highest BCUT2D eigenvalue weighted by molar-refractivity contribution is 9.10. The summed E-state index contributed by atoms with van der Waals surface area (Å²) in [7, 11) is 0. The number of likely N-dealkylation sites (tertiary alicyclic amines) is 1. The number of nitrogens with zero attached hydrogens (tertiary/aromatic N) is 1. The van der Waals surface area contributed by atoms with Gasteiger partial charge >= 0.3 is 12.3 Å². The van der Waals surface area contributed by atoms with Gasteiger partial charge in [0.05, 0.1) is 10.4 Å². The number of benzene rings is 1. The summed E-state index contributed by atoms with van der Waals surface area (Å²) in [5.41, 5.74) is 0.794. The Hall–Kier alpha value is -1.28. The summed E-state index contributed by atoms with van der Waals surface area (Å²) in [6.07, 6.45) is -4.14. The predicted octanol–water partition coefficient (Wildman–Crippen LogP) is 3.25. The smallest absolute Gasteiger partial charge is 0.481 e. The molecule has 0 saturated carbocycles. The van der Waals surface area contributed by atoms with E-state index in [0.717, 1.165) is 5.56 Å². The zero-order valence-corrected chi connectivity index (χ0v) is 12.4. The number of hydrogen-bond acceptors (Lipinski definition) is 3. The number of carboxylic acids is 1. The lowest BCUT2D eigenvalue weighted by Crippen LogP contribution is -2.23. The summed E-state index contributed by atoms with van der Waals surface area (Å²) < 4.78 is 40.6. The van der Waals surface area contributed by atoms with Crippen LogP contribution in [0.2, 0.25) is 0 Å². The molecule has 0 radical (unpaired) electrons. The van der Waals surface area contributed by atoms with Crippen molar-refractivity contribution >= 4 is 21.9 Å². The number of hydrogen-bond donors (Lipinski definition) is 1. The molecule has 1 heterocycles. The Kier molecular flexibility index (Phi) is 4.77. The zero-order chi connectivity index (χ0) is 15.6. The summed E-state index contributed by atoms with van der Waals surface area (Å²) in [6, 6.07) is 4.34. The molecule has 0 amide bonds. The van der Waals surface area contributed by atoms with Gasteiger partial charge in [-0.05, 0) is 46.6 Å². The van der Waals surface area contributed by atoms with Crippen LogP contribution in [-0.4, -0.2) is 35.4 Å². The van der Waals surface area contributed by atoms with E-state index in [1.165, 1.54) is 6.07 Å². The van der Waals surface area contributed by atoms with Gasteiger partial charge in [0, 0.05) is 13.1 Å². The van der Waals surface area contributed by atoms with Gasteiger partial charge in [0.2, 0.25) is 0 Å². The fraction of sp³-hybridized carbons (Fsp3) is 0.462. The second kappa shape index (κ2) is 6.23. The quantitative estimate of drug-likeness (QED) is 0.887. The van der Waals surface area contributed by atoms with Gasteiger partial charge < -0.3 is 9.84 Å². The average Bonchev–Trinajstić information content (AvgIpc) is 2.80. The lowest BCUT2D eigenvalue weighted by Gasteiger charge is -2.16. The molecular formula is C13H13BrF3NO3. The maximum Gasteiger partial charge on any atom is 0.573 e. The van der Waals surface area contributed by atoms with E-state index in [2.05, 4.69) is 20.7 Å². The molecule has 1 unspecified atom stereocenters. The summed E-state index contributed by atoms with van der Waals surface area (Å²) in [4.78, 5) is 12.8.